The Balaban J connectivity index is 1.96. The van der Waals surface area contributed by atoms with Gasteiger partial charge in [-0.2, -0.15) is 0 Å². The first kappa shape index (κ1) is 19.9. The van der Waals surface area contributed by atoms with Gasteiger partial charge in [0, 0.05) is 18.8 Å². The van der Waals surface area contributed by atoms with Crippen LogP contribution in [-0.4, -0.2) is 67.8 Å². The van der Waals surface area contributed by atoms with E-state index in [2.05, 4.69) is 5.32 Å². The highest BCUT2D eigenvalue weighted by molar-refractivity contribution is 6.00. The minimum Gasteiger partial charge on any atom is -0.503 e. The molecule has 152 valence electrons. The van der Waals surface area contributed by atoms with Crippen LogP contribution in [-0.2, 0) is 11.3 Å². The molecule has 0 radical (unpaired) electrons. The van der Waals surface area contributed by atoms with E-state index in [1.165, 1.54) is 0 Å². The van der Waals surface area contributed by atoms with E-state index >= 15 is 0 Å². The maximum atomic E-state index is 12.8. The van der Waals surface area contributed by atoms with Crippen molar-refractivity contribution in [1.29, 1.82) is 0 Å². The number of hydrogen-bond acceptors (Lipinski definition) is 6. The van der Waals surface area contributed by atoms with Gasteiger partial charge in [-0.05, 0) is 12.8 Å². The van der Waals surface area contributed by atoms with Crippen molar-refractivity contribution in [2.45, 2.75) is 50.7 Å². The molecule has 1 aliphatic heterocycles. The van der Waals surface area contributed by atoms with Crippen LogP contribution in [0.1, 0.15) is 53.0 Å². The Labute approximate surface area is 160 Å². The number of carboxylic acids is 1. The van der Waals surface area contributed by atoms with E-state index < -0.39 is 47.2 Å². The summed E-state index contributed by atoms with van der Waals surface area (Å²) < 4.78 is 1.13. The van der Waals surface area contributed by atoms with Crippen LogP contribution >= 0.6 is 0 Å². The predicted molar refractivity (Wildman–Crippen MR) is 96.3 cm³/mol. The highest BCUT2D eigenvalue weighted by Gasteiger charge is 2.39. The second kappa shape index (κ2) is 8.01. The molecule has 1 aliphatic carbocycles. The van der Waals surface area contributed by atoms with Crippen molar-refractivity contribution in [1.82, 2.24) is 14.8 Å². The molecule has 0 spiro atoms. The fraction of sp³-hybridized carbons (Fsp3) is 0.556. The van der Waals surface area contributed by atoms with Crippen LogP contribution < -0.4 is 10.7 Å². The molecule has 0 unspecified atom stereocenters. The number of carboxylic acid groups (broad SMARTS) is 1. The third kappa shape index (κ3) is 3.59. The van der Waals surface area contributed by atoms with E-state index in [0.29, 0.717) is 0 Å². The molecule has 1 saturated carbocycles. The lowest BCUT2D eigenvalue weighted by Gasteiger charge is -2.37. The number of aliphatic hydroxyl groups is 1. The number of fused-ring (bicyclic) bond motifs is 1. The van der Waals surface area contributed by atoms with Gasteiger partial charge in [0.1, 0.15) is 11.6 Å². The molecule has 0 aromatic carbocycles. The van der Waals surface area contributed by atoms with E-state index in [0.717, 1.165) is 47.8 Å². The van der Waals surface area contributed by atoms with Crippen molar-refractivity contribution in [3.8, 4) is 5.75 Å². The second-order valence-electron chi connectivity index (χ2n) is 7.11. The van der Waals surface area contributed by atoms with Crippen molar-refractivity contribution in [3.63, 3.8) is 0 Å². The summed E-state index contributed by atoms with van der Waals surface area (Å²) >= 11 is 0. The number of carbonyl (C=O) groups excluding carboxylic acids is 2. The monoisotopic (exact) mass is 393 g/mol. The Bertz CT molecular complexity index is 857. The van der Waals surface area contributed by atoms with Crippen LogP contribution in [0.5, 0.6) is 5.75 Å². The fourth-order valence-corrected chi connectivity index (χ4v) is 3.87. The number of aliphatic hydroxyl groups excluding tert-OH is 1. The third-order valence-electron chi connectivity index (χ3n) is 5.29. The molecule has 1 atom stereocenters. The number of nitrogens with zero attached hydrogens (tertiary/aromatic N) is 2. The Hall–Kier alpha value is -2.88. The molecule has 10 heteroatoms. The van der Waals surface area contributed by atoms with Crippen LogP contribution in [0.15, 0.2) is 11.0 Å². The average molecular weight is 393 g/mol. The van der Waals surface area contributed by atoms with Gasteiger partial charge in [-0.15, -0.1) is 0 Å². The Morgan fingerprint density at radius 3 is 2.46 bits per heavy atom. The average Bonchev–Trinajstić information content (AvgIpc) is 2.66. The van der Waals surface area contributed by atoms with Crippen molar-refractivity contribution in [2.24, 2.45) is 0 Å². The topological polar surface area (TPSA) is 149 Å². The Morgan fingerprint density at radius 1 is 1.18 bits per heavy atom. The molecular formula is C18H23N3O7. The number of β-amino-alcohol motifs (C(OH)–C–C–N with tert-alkyl or cyclic N) is 1. The lowest BCUT2D eigenvalue weighted by molar-refractivity contribution is -0.127. The Kier molecular flexibility index (Phi) is 5.68. The van der Waals surface area contributed by atoms with Gasteiger partial charge in [-0.1, -0.05) is 19.3 Å². The van der Waals surface area contributed by atoms with E-state index in [4.69, 9.17) is 5.11 Å². The number of carbonyl (C=O) groups is 3. The zero-order valence-corrected chi connectivity index (χ0v) is 15.3. The molecule has 0 bridgehead atoms. The van der Waals surface area contributed by atoms with Crippen molar-refractivity contribution in [3.05, 3.63) is 27.7 Å². The standard InChI is InChI=1S/C18H23N3O7/c22-7-6-21-12(16(25)19-10-4-2-1-3-5-10)9-20-8-11(18(27)28)14(23)15(24)13(20)17(21)26/h8,10,12,22,24H,1-7,9H2,(H,19,25)(H,27,28)/t12-/m1/s1. The van der Waals surface area contributed by atoms with Gasteiger partial charge in [0.15, 0.2) is 11.4 Å². The first-order chi connectivity index (χ1) is 13.3. The van der Waals surface area contributed by atoms with Gasteiger partial charge in [0.05, 0.1) is 13.2 Å². The fourth-order valence-electron chi connectivity index (χ4n) is 3.87. The van der Waals surface area contributed by atoms with Gasteiger partial charge in [0.2, 0.25) is 11.3 Å². The number of aromatic nitrogens is 1. The summed E-state index contributed by atoms with van der Waals surface area (Å²) in [5, 5.41) is 31.5. The maximum Gasteiger partial charge on any atom is 0.341 e. The lowest BCUT2D eigenvalue weighted by atomic mass is 9.95. The number of aromatic hydroxyl groups is 1. The molecule has 2 heterocycles. The van der Waals surface area contributed by atoms with Gasteiger partial charge < -0.3 is 30.1 Å². The summed E-state index contributed by atoms with van der Waals surface area (Å²) in [5.74, 6) is -3.73. The lowest BCUT2D eigenvalue weighted by Crippen LogP contribution is -2.58. The first-order valence-electron chi connectivity index (χ1n) is 9.27. The van der Waals surface area contributed by atoms with Gasteiger partial charge in [0.25, 0.3) is 5.91 Å². The predicted octanol–water partition coefficient (Wildman–Crippen LogP) is -0.482. The molecular weight excluding hydrogens is 370 g/mol. The van der Waals surface area contributed by atoms with Crippen LogP contribution in [0.4, 0.5) is 0 Å². The zero-order chi connectivity index (χ0) is 20.4. The SMILES string of the molecule is O=C(O)c1cn2c(c(O)c1=O)C(=O)N(CCO)[C@@H](C(=O)NC1CCCCC1)C2. The highest BCUT2D eigenvalue weighted by atomic mass is 16.4. The number of amides is 2. The molecule has 1 fully saturated rings. The summed E-state index contributed by atoms with van der Waals surface area (Å²) in [6.45, 7) is -0.694. The highest BCUT2D eigenvalue weighted by Crippen LogP contribution is 2.24. The smallest absolute Gasteiger partial charge is 0.341 e. The molecule has 4 N–H and O–H groups in total. The van der Waals surface area contributed by atoms with Gasteiger partial charge in [-0.25, -0.2) is 4.79 Å². The summed E-state index contributed by atoms with van der Waals surface area (Å²) in [6, 6.07) is -0.983. The minimum atomic E-state index is -1.54. The van der Waals surface area contributed by atoms with Crippen LogP contribution in [0, 0.1) is 0 Å². The van der Waals surface area contributed by atoms with Gasteiger partial charge >= 0.3 is 5.97 Å². The molecule has 10 nitrogen and oxygen atoms in total. The van der Waals surface area contributed by atoms with Crippen molar-refractivity contribution < 1.29 is 29.7 Å². The van der Waals surface area contributed by atoms with E-state index in [-0.39, 0.29) is 24.8 Å². The number of rotatable bonds is 5. The minimum absolute atomic E-state index is 0.00530. The quantitative estimate of drug-likeness (QED) is 0.528. The summed E-state index contributed by atoms with van der Waals surface area (Å²) in [5.41, 5.74) is -2.23. The zero-order valence-electron chi connectivity index (χ0n) is 15.3. The van der Waals surface area contributed by atoms with E-state index in [9.17, 15) is 29.4 Å². The van der Waals surface area contributed by atoms with Crippen LogP contribution in [0.2, 0.25) is 0 Å². The third-order valence-corrected chi connectivity index (χ3v) is 5.29. The number of aromatic carboxylic acids is 1. The summed E-state index contributed by atoms with van der Waals surface area (Å²) in [4.78, 5) is 50.1. The Morgan fingerprint density at radius 2 is 1.86 bits per heavy atom. The largest absolute Gasteiger partial charge is 0.503 e. The normalized spacial score (nSPS) is 20.0. The number of pyridine rings is 1. The molecule has 1 aromatic rings. The molecule has 1 aromatic heterocycles. The maximum absolute atomic E-state index is 12.8. The van der Waals surface area contributed by atoms with E-state index in [1.54, 1.807) is 0 Å². The number of hydrogen-bond donors (Lipinski definition) is 4. The summed E-state index contributed by atoms with van der Waals surface area (Å²) in [7, 11) is 0. The van der Waals surface area contributed by atoms with Crippen LogP contribution in [0.3, 0.4) is 0 Å². The van der Waals surface area contributed by atoms with Crippen LogP contribution in [0.25, 0.3) is 0 Å². The molecule has 2 amide bonds. The molecule has 0 saturated heterocycles. The summed E-state index contributed by atoms with van der Waals surface area (Å²) in [6.07, 6.45) is 5.79. The molecule has 3 rings (SSSR count). The van der Waals surface area contributed by atoms with Crippen molar-refractivity contribution in [2.75, 3.05) is 13.2 Å². The second-order valence-corrected chi connectivity index (χ2v) is 7.11. The number of nitrogens with one attached hydrogen (secondary N) is 1. The first-order valence-corrected chi connectivity index (χ1v) is 9.27. The molecule has 28 heavy (non-hydrogen) atoms. The van der Waals surface area contributed by atoms with Crippen molar-refractivity contribution >= 4 is 17.8 Å². The molecule has 2 aliphatic rings. The van der Waals surface area contributed by atoms with Gasteiger partial charge in [-0.3, -0.25) is 14.4 Å². The van der Waals surface area contributed by atoms with E-state index in [1.807, 2.05) is 0 Å².